The van der Waals surface area contributed by atoms with E-state index in [2.05, 4.69) is 27.9 Å². The number of hydrogen-bond donors (Lipinski definition) is 0. The number of halogens is 2. The number of aromatic nitrogens is 1. The summed E-state index contributed by atoms with van der Waals surface area (Å²) in [4.78, 5) is 19.9. The summed E-state index contributed by atoms with van der Waals surface area (Å²) >= 11 is 13.9. The Morgan fingerprint density at radius 2 is 1.79 bits per heavy atom. The third kappa shape index (κ3) is 4.51. The number of carbonyl (C=O) groups is 1. The normalized spacial score (nSPS) is 16.4. The molecule has 0 saturated carbocycles. The van der Waals surface area contributed by atoms with Crippen LogP contribution in [0.4, 0.5) is 5.69 Å². The number of para-hydroxylation sites is 1. The highest BCUT2D eigenvalue weighted by Crippen LogP contribution is 2.35. The average Bonchev–Trinajstić information content (AvgIpc) is 3.30. The average molecular weight is 506 g/mol. The molecule has 0 bridgehead atoms. The molecule has 1 saturated heterocycles. The van der Waals surface area contributed by atoms with Gasteiger partial charge in [-0.3, -0.25) is 9.69 Å². The number of aryl methyl sites for hydroxylation is 1. The van der Waals surface area contributed by atoms with Gasteiger partial charge in [0.05, 0.1) is 10.6 Å². The van der Waals surface area contributed by atoms with Gasteiger partial charge in [-0.1, -0.05) is 65.2 Å². The Bertz CT molecular complexity index is 1470. The van der Waals surface area contributed by atoms with Gasteiger partial charge in [-0.05, 0) is 60.7 Å². The molecule has 0 N–H and O–H groups in total. The smallest absolute Gasteiger partial charge is 0.266 e. The predicted octanol–water partition coefficient (Wildman–Crippen LogP) is 7.54. The van der Waals surface area contributed by atoms with Gasteiger partial charge in [0, 0.05) is 46.3 Å². The van der Waals surface area contributed by atoms with Gasteiger partial charge in [-0.2, -0.15) is 0 Å². The van der Waals surface area contributed by atoms with Crippen LogP contribution in [0.2, 0.25) is 10.0 Å². The molecule has 0 radical (unpaired) electrons. The summed E-state index contributed by atoms with van der Waals surface area (Å²) in [5.74, 6) is -0.0616. The predicted molar refractivity (Wildman–Crippen MR) is 144 cm³/mol. The lowest BCUT2D eigenvalue weighted by Gasteiger charge is -2.08. The van der Waals surface area contributed by atoms with E-state index in [0.717, 1.165) is 27.7 Å². The van der Waals surface area contributed by atoms with Crippen LogP contribution in [0, 0.1) is 6.92 Å². The van der Waals surface area contributed by atoms with Crippen molar-refractivity contribution < 1.29 is 4.79 Å². The number of likely N-dealkylation sites (N-methyl/N-ethyl adjacent to an activating group) is 1. The number of fused-ring (bicyclic) bond motifs is 1. The van der Waals surface area contributed by atoms with Crippen LogP contribution in [0.5, 0.6) is 0 Å². The number of hydrogen-bond acceptors (Lipinski definition) is 3. The summed E-state index contributed by atoms with van der Waals surface area (Å²) in [5.41, 5.74) is 5.01. The molecule has 0 spiro atoms. The molecule has 4 aromatic rings. The monoisotopic (exact) mass is 505 g/mol. The second-order valence-electron chi connectivity index (χ2n) is 8.17. The van der Waals surface area contributed by atoms with Gasteiger partial charge >= 0.3 is 0 Å². The van der Waals surface area contributed by atoms with Crippen molar-refractivity contribution in [3.8, 4) is 0 Å². The third-order valence-corrected chi connectivity index (χ3v) is 7.37. The Hall–Kier alpha value is -2.99. The van der Waals surface area contributed by atoms with E-state index in [1.165, 1.54) is 17.3 Å². The van der Waals surface area contributed by atoms with Crippen LogP contribution in [0.1, 0.15) is 16.7 Å². The molecule has 34 heavy (non-hydrogen) atoms. The van der Waals surface area contributed by atoms with Crippen molar-refractivity contribution in [1.29, 1.82) is 0 Å². The Morgan fingerprint density at radius 3 is 2.56 bits per heavy atom. The van der Waals surface area contributed by atoms with Crippen molar-refractivity contribution in [2.45, 2.75) is 13.5 Å². The van der Waals surface area contributed by atoms with Crippen molar-refractivity contribution in [3.05, 3.63) is 105 Å². The van der Waals surface area contributed by atoms with Gasteiger partial charge < -0.3 is 4.57 Å². The minimum absolute atomic E-state index is 0.0616. The largest absolute Gasteiger partial charge is 0.342 e. The first-order valence-corrected chi connectivity index (χ1v) is 12.3. The fraction of sp³-hybridized carbons (Fsp3) is 0.111. The number of thioether (sulfide) groups is 1. The fourth-order valence-electron chi connectivity index (χ4n) is 3.88. The summed E-state index contributed by atoms with van der Waals surface area (Å²) in [7, 11) is 1.76. The zero-order valence-electron chi connectivity index (χ0n) is 18.6. The van der Waals surface area contributed by atoms with Crippen LogP contribution in [0.25, 0.3) is 17.0 Å². The first-order valence-electron chi connectivity index (χ1n) is 10.7. The van der Waals surface area contributed by atoms with Gasteiger partial charge in [0.1, 0.15) is 0 Å². The zero-order chi connectivity index (χ0) is 23.8. The lowest BCUT2D eigenvalue weighted by Crippen LogP contribution is -2.23. The van der Waals surface area contributed by atoms with E-state index in [4.69, 9.17) is 23.2 Å². The van der Waals surface area contributed by atoms with Crippen molar-refractivity contribution in [2.75, 3.05) is 7.05 Å². The molecular formula is C27H21Cl2N3OS. The van der Waals surface area contributed by atoms with Crippen LogP contribution in [0.15, 0.2) is 82.8 Å². The number of amides is 1. The van der Waals surface area contributed by atoms with E-state index in [1.54, 1.807) is 18.0 Å². The van der Waals surface area contributed by atoms with Gasteiger partial charge in [0.15, 0.2) is 5.17 Å². The maximum absolute atomic E-state index is 13.0. The lowest BCUT2D eigenvalue weighted by atomic mass is 10.1. The molecule has 170 valence electrons. The highest BCUT2D eigenvalue weighted by atomic mass is 35.5. The van der Waals surface area contributed by atoms with Gasteiger partial charge in [0.2, 0.25) is 0 Å². The Kier molecular flexibility index (Phi) is 6.26. The number of nitrogens with zero attached hydrogens (tertiary/aromatic N) is 3. The summed E-state index contributed by atoms with van der Waals surface area (Å²) in [6.45, 7) is 2.63. The minimum Gasteiger partial charge on any atom is -0.342 e. The van der Waals surface area contributed by atoms with Crippen LogP contribution < -0.4 is 0 Å². The van der Waals surface area contributed by atoms with Crippen molar-refractivity contribution in [3.63, 3.8) is 0 Å². The van der Waals surface area contributed by atoms with Crippen LogP contribution >= 0.6 is 35.0 Å². The molecule has 1 aliphatic rings. The Labute approximate surface area is 212 Å². The molecule has 1 aromatic heterocycles. The number of amidine groups is 1. The van der Waals surface area contributed by atoms with E-state index in [1.807, 2.05) is 61.5 Å². The lowest BCUT2D eigenvalue weighted by molar-refractivity contribution is -0.121. The van der Waals surface area contributed by atoms with Crippen molar-refractivity contribution in [2.24, 2.45) is 4.99 Å². The van der Waals surface area contributed by atoms with Crippen LogP contribution in [-0.2, 0) is 11.3 Å². The van der Waals surface area contributed by atoms with Crippen molar-refractivity contribution >= 4 is 68.7 Å². The van der Waals surface area contributed by atoms with E-state index < -0.39 is 0 Å². The highest BCUT2D eigenvalue weighted by Gasteiger charge is 2.30. The molecule has 0 unspecified atom stereocenters. The SMILES string of the molecule is Cc1ccc(N=C2S/C(=C/c3cn(Cc4ccc(Cl)cc4Cl)c4ccccc34)C(=O)N2C)cc1. The van der Waals surface area contributed by atoms with E-state index in [-0.39, 0.29) is 5.91 Å². The molecule has 7 heteroatoms. The molecule has 5 rings (SSSR count). The topological polar surface area (TPSA) is 37.6 Å². The highest BCUT2D eigenvalue weighted by molar-refractivity contribution is 8.18. The first-order chi connectivity index (χ1) is 16.4. The molecule has 0 aliphatic carbocycles. The summed E-state index contributed by atoms with van der Waals surface area (Å²) in [5, 5.41) is 2.97. The number of benzene rings is 3. The molecule has 4 nitrogen and oxygen atoms in total. The molecule has 2 heterocycles. The quantitative estimate of drug-likeness (QED) is 0.268. The number of aliphatic imine (C=N–C) groups is 1. The molecule has 1 aliphatic heterocycles. The Morgan fingerprint density at radius 1 is 1.03 bits per heavy atom. The molecule has 3 aromatic carbocycles. The number of carbonyl (C=O) groups excluding carboxylic acids is 1. The summed E-state index contributed by atoms with van der Waals surface area (Å²) in [6.07, 6.45) is 4.01. The van der Waals surface area contributed by atoms with Crippen LogP contribution in [0.3, 0.4) is 0 Å². The minimum atomic E-state index is -0.0616. The van der Waals surface area contributed by atoms with Crippen molar-refractivity contribution in [1.82, 2.24) is 9.47 Å². The second kappa shape index (κ2) is 9.34. The van der Waals surface area contributed by atoms with Gasteiger partial charge in [-0.25, -0.2) is 4.99 Å². The first kappa shape index (κ1) is 22.8. The van der Waals surface area contributed by atoms with Crippen LogP contribution in [-0.4, -0.2) is 27.6 Å². The second-order valence-corrected chi connectivity index (χ2v) is 10.0. The Balaban J connectivity index is 1.50. The van der Waals surface area contributed by atoms with E-state index >= 15 is 0 Å². The summed E-state index contributed by atoms with van der Waals surface area (Å²) in [6, 6.07) is 21.6. The third-order valence-electron chi connectivity index (χ3n) is 5.72. The number of rotatable bonds is 4. The molecule has 1 amide bonds. The fourth-order valence-corrected chi connectivity index (χ4v) is 5.32. The maximum atomic E-state index is 13.0. The van der Waals surface area contributed by atoms with Gasteiger partial charge in [0.25, 0.3) is 5.91 Å². The summed E-state index contributed by atoms with van der Waals surface area (Å²) < 4.78 is 2.14. The zero-order valence-corrected chi connectivity index (χ0v) is 21.0. The molecule has 0 atom stereocenters. The molecular weight excluding hydrogens is 485 g/mol. The molecule has 1 fully saturated rings. The van der Waals surface area contributed by atoms with Gasteiger partial charge in [-0.15, -0.1) is 0 Å². The van der Waals surface area contributed by atoms with E-state index in [0.29, 0.717) is 26.7 Å². The van der Waals surface area contributed by atoms with E-state index in [9.17, 15) is 4.79 Å². The maximum Gasteiger partial charge on any atom is 0.266 e. The standard InChI is InChI=1S/C27H21Cl2N3OS/c1-17-7-11-21(12-8-17)30-27-31(2)26(33)25(34-27)13-19-16-32(24-6-4-3-5-22(19)24)15-18-9-10-20(28)14-23(18)29/h3-14,16H,15H2,1-2H3/b25-13+,30-27?.